The predicted octanol–water partition coefficient (Wildman–Crippen LogP) is 0.919. The molecule has 0 aliphatic carbocycles. The Balaban J connectivity index is 2.84. The Bertz CT molecular complexity index is 770. The normalized spacial score (nSPS) is 15.2. The quantitative estimate of drug-likeness (QED) is 0.378. The molecule has 6 nitrogen and oxygen atoms in total. The van der Waals surface area contributed by atoms with Gasteiger partial charge in [0.25, 0.3) is 11.8 Å². The van der Waals surface area contributed by atoms with Crippen LogP contribution in [0.25, 0.3) is 0 Å². The van der Waals surface area contributed by atoms with Gasteiger partial charge >= 0.3 is 10.1 Å². The molecule has 0 unspecified atom stereocenters. The molecule has 0 bridgehead atoms. The smallest absolute Gasteiger partial charge is 0.282 e. The molecule has 0 saturated carbocycles. The predicted molar refractivity (Wildman–Crippen MR) is 57.7 cm³/mol. The standard InChI is InChI=1S/C10H3F4NO5S/c11-5-7(13)10(21(18,19)20)8(14)6(12)9(5)15-3(16)1-2-4(15)17/h1-2H,(H,18,19,20). The van der Waals surface area contributed by atoms with E-state index in [1.807, 2.05) is 0 Å². The number of carbonyl (C=O) groups is 2. The zero-order valence-corrected chi connectivity index (χ0v) is 10.4. The summed E-state index contributed by atoms with van der Waals surface area (Å²) >= 11 is 0. The van der Waals surface area contributed by atoms with Crippen LogP contribution in [0.1, 0.15) is 0 Å². The summed E-state index contributed by atoms with van der Waals surface area (Å²) in [6, 6.07) is 0. The van der Waals surface area contributed by atoms with Gasteiger partial charge in [-0.2, -0.15) is 8.42 Å². The highest BCUT2D eigenvalue weighted by atomic mass is 32.2. The fraction of sp³-hybridized carbons (Fsp3) is 0. The molecule has 21 heavy (non-hydrogen) atoms. The largest absolute Gasteiger partial charge is 0.300 e. The third-order valence-electron chi connectivity index (χ3n) is 2.49. The molecule has 0 aromatic heterocycles. The number of hydrogen-bond donors (Lipinski definition) is 1. The van der Waals surface area contributed by atoms with Crippen molar-refractivity contribution in [1.29, 1.82) is 0 Å². The molecule has 2 rings (SSSR count). The van der Waals surface area contributed by atoms with Crippen LogP contribution < -0.4 is 4.90 Å². The molecule has 1 aromatic carbocycles. The molecule has 0 fully saturated rings. The summed E-state index contributed by atoms with van der Waals surface area (Å²) in [5, 5.41) is 0. The fourth-order valence-electron chi connectivity index (χ4n) is 1.64. The van der Waals surface area contributed by atoms with Crippen molar-refractivity contribution in [2.75, 3.05) is 4.90 Å². The first-order chi connectivity index (χ1) is 9.57. The first kappa shape index (κ1) is 15.1. The first-order valence-corrected chi connectivity index (χ1v) is 6.41. The van der Waals surface area contributed by atoms with Gasteiger partial charge in [-0.1, -0.05) is 0 Å². The number of anilines is 1. The van der Waals surface area contributed by atoms with Crippen molar-refractivity contribution in [2.24, 2.45) is 0 Å². The van der Waals surface area contributed by atoms with Gasteiger partial charge in [-0.3, -0.25) is 14.1 Å². The molecule has 0 saturated heterocycles. The van der Waals surface area contributed by atoms with Crippen LogP contribution >= 0.6 is 0 Å². The van der Waals surface area contributed by atoms with Gasteiger partial charge in [-0.25, -0.2) is 22.5 Å². The Hall–Kier alpha value is -2.27. The maximum absolute atomic E-state index is 13.7. The lowest BCUT2D eigenvalue weighted by atomic mass is 10.2. The fourth-order valence-corrected chi connectivity index (χ4v) is 2.28. The van der Waals surface area contributed by atoms with Gasteiger partial charge in [-0.05, 0) is 0 Å². The lowest BCUT2D eigenvalue weighted by Gasteiger charge is -2.17. The molecule has 112 valence electrons. The van der Waals surface area contributed by atoms with Gasteiger partial charge < -0.3 is 0 Å². The zero-order chi connectivity index (χ0) is 16.1. The minimum absolute atomic E-state index is 0.218. The average molecular weight is 325 g/mol. The Morgan fingerprint density at radius 2 is 1.24 bits per heavy atom. The Labute approximate surface area is 114 Å². The van der Waals surface area contributed by atoms with E-state index in [1.54, 1.807) is 0 Å². The minimum Gasteiger partial charge on any atom is -0.282 e. The molecule has 0 atom stereocenters. The third-order valence-corrected chi connectivity index (χ3v) is 3.37. The lowest BCUT2D eigenvalue weighted by Crippen LogP contribution is -2.32. The van der Waals surface area contributed by atoms with E-state index in [9.17, 15) is 35.6 Å². The van der Waals surface area contributed by atoms with Crippen LogP contribution in [-0.4, -0.2) is 24.8 Å². The molecular weight excluding hydrogens is 322 g/mol. The number of carbonyl (C=O) groups excluding carboxylic acids is 2. The van der Waals surface area contributed by atoms with E-state index in [-0.39, 0.29) is 4.90 Å². The second-order valence-electron chi connectivity index (χ2n) is 3.75. The highest BCUT2D eigenvalue weighted by molar-refractivity contribution is 7.85. The van der Waals surface area contributed by atoms with Crippen LogP contribution in [0.2, 0.25) is 0 Å². The number of benzene rings is 1. The number of nitrogens with zero attached hydrogens (tertiary/aromatic N) is 1. The molecule has 11 heteroatoms. The van der Waals surface area contributed by atoms with E-state index in [0.717, 1.165) is 0 Å². The monoisotopic (exact) mass is 325 g/mol. The Kier molecular flexibility index (Phi) is 3.34. The van der Waals surface area contributed by atoms with Crippen LogP contribution in [0.15, 0.2) is 17.0 Å². The van der Waals surface area contributed by atoms with Gasteiger partial charge in [0, 0.05) is 12.2 Å². The van der Waals surface area contributed by atoms with Crippen molar-refractivity contribution in [3.63, 3.8) is 0 Å². The highest BCUT2D eigenvalue weighted by Crippen LogP contribution is 2.34. The molecule has 1 N–H and O–H groups in total. The molecular formula is C10H3F4NO5S. The van der Waals surface area contributed by atoms with E-state index in [2.05, 4.69) is 0 Å². The van der Waals surface area contributed by atoms with E-state index >= 15 is 0 Å². The third kappa shape index (κ3) is 2.19. The number of hydrogen-bond acceptors (Lipinski definition) is 4. The maximum Gasteiger partial charge on any atom is 0.300 e. The van der Waals surface area contributed by atoms with Gasteiger partial charge in [0.05, 0.1) is 0 Å². The summed E-state index contributed by atoms with van der Waals surface area (Å²) in [4.78, 5) is 20.1. The summed E-state index contributed by atoms with van der Waals surface area (Å²) < 4.78 is 84.4. The van der Waals surface area contributed by atoms with Crippen LogP contribution in [-0.2, 0) is 19.7 Å². The van der Waals surface area contributed by atoms with Gasteiger partial charge in [-0.15, -0.1) is 0 Å². The molecule has 2 amide bonds. The maximum atomic E-state index is 13.7. The molecule has 1 aliphatic rings. The van der Waals surface area contributed by atoms with Crippen LogP contribution in [0.3, 0.4) is 0 Å². The summed E-state index contributed by atoms with van der Waals surface area (Å²) in [6.45, 7) is 0. The second kappa shape index (κ2) is 4.63. The number of imide groups is 1. The van der Waals surface area contributed by atoms with E-state index in [1.165, 1.54) is 0 Å². The molecule has 1 aliphatic heterocycles. The first-order valence-electron chi connectivity index (χ1n) is 4.97. The summed E-state index contributed by atoms with van der Waals surface area (Å²) in [5.74, 6) is -12.1. The van der Waals surface area contributed by atoms with Gasteiger partial charge in [0.1, 0.15) is 5.69 Å². The number of halogens is 4. The Morgan fingerprint density at radius 1 is 0.857 bits per heavy atom. The average Bonchev–Trinajstić information content (AvgIpc) is 2.67. The van der Waals surface area contributed by atoms with Gasteiger partial charge in [0.15, 0.2) is 28.2 Å². The van der Waals surface area contributed by atoms with Crippen LogP contribution in [0.5, 0.6) is 0 Å². The highest BCUT2D eigenvalue weighted by Gasteiger charge is 2.38. The number of amides is 2. The topological polar surface area (TPSA) is 91.8 Å². The van der Waals surface area contributed by atoms with E-state index in [0.29, 0.717) is 12.2 Å². The minimum atomic E-state index is -5.61. The zero-order valence-electron chi connectivity index (χ0n) is 9.60. The van der Waals surface area contributed by atoms with Crippen molar-refractivity contribution in [1.82, 2.24) is 0 Å². The second-order valence-corrected chi connectivity index (χ2v) is 5.11. The van der Waals surface area contributed by atoms with Crippen LogP contribution in [0.4, 0.5) is 23.2 Å². The van der Waals surface area contributed by atoms with Crippen molar-refractivity contribution in [3.05, 3.63) is 35.4 Å². The van der Waals surface area contributed by atoms with E-state index < -0.39 is 55.8 Å². The summed E-state index contributed by atoms with van der Waals surface area (Å²) in [7, 11) is -5.61. The van der Waals surface area contributed by atoms with Crippen molar-refractivity contribution in [2.45, 2.75) is 4.90 Å². The van der Waals surface area contributed by atoms with Crippen molar-refractivity contribution < 1.29 is 40.1 Å². The van der Waals surface area contributed by atoms with Gasteiger partial charge in [0.2, 0.25) is 0 Å². The molecule has 1 aromatic rings. The molecule has 1 heterocycles. The van der Waals surface area contributed by atoms with E-state index in [4.69, 9.17) is 4.55 Å². The molecule has 0 spiro atoms. The van der Waals surface area contributed by atoms with Crippen LogP contribution in [0, 0.1) is 23.3 Å². The SMILES string of the molecule is O=C1C=CC(=O)N1c1c(F)c(F)c(S(=O)(=O)O)c(F)c1F. The lowest BCUT2D eigenvalue weighted by molar-refractivity contribution is -0.120. The Morgan fingerprint density at radius 3 is 1.57 bits per heavy atom. The molecule has 0 radical (unpaired) electrons. The summed E-state index contributed by atoms with van der Waals surface area (Å²) in [6.07, 6.45) is 1.18. The number of rotatable bonds is 2. The van der Waals surface area contributed by atoms with Crippen molar-refractivity contribution >= 4 is 27.6 Å². The van der Waals surface area contributed by atoms with Crippen molar-refractivity contribution in [3.8, 4) is 0 Å². The summed E-state index contributed by atoms with van der Waals surface area (Å²) in [5.41, 5.74) is -1.71.